The van der Waals surface area contributed by atoms with Crippen molar-refractivity contribution in [2.75, 3.05) is 26.2 Å². The Balaban J connectivity index is 1.42. The number of aromatic nitrogens is 1. The summed E-state index contributed by atoms with van der Waals surface area (Å²) < 4.78 is 32.3. The third-order valence-corrected chi connectivity index (χ3v) is 7.41. The molecule has 0 saturated carbocycles. The van der Waals surface area contributed by atoms with E-state index in [9.17, 15) is 13.2 Å². The maximum atomic E-state index is 12.8. The van der Waals surface area contributed by atoms with Crippen LogP contribution in [-0.4, -0.2) is 54.7 Å². The normalized spacial score (nSPS) is 15.7. The van der Waals surface area contributed by atoms with Crippen LogP contribution in [0.2, 0.25) is 0 Å². The molecule has 2 aromatic heterocycles. The van der Waals surface area contributed by atoms with Crippen LogP contribution < -0.4 is 0 Å². The standard InChI is InChI=1S/C19H19N3O4S2/c1-14-4-6-15(7-5-14)28(24,25)22-10-8-21(9-11-22)19(23)16-13-27-18(20-16)17-3-2-12-26-17/h2-7,12-13H,8-11H2,1H3. The highest BCUT2D eigenvalue weighted by molar-refractivity contribution is 7.89. The number of furan rings is 1. The fraction of sp³-hybridized carbons (Fsp3) is 0.263. The summed E-state index contributed by atoms with van der Waals surface area (Å²) in [7, 11) is -3.55. The highest BCUT2D eigenvalue weighted by Gasteiger charge is 2.31. The zero-order valence-electron chi connectivity index (χ0n) is 15.2. The number of piperazine rings is 1. The monoisotopic (exact) mass is 417 g/mol. The first-order valence-corrected chi connectivity index (χ1v) is 11.1. The number of rotatable bonds is 4. The molecule has 1 aliphatic rings. The molecule has 0 bridgehead atoms. The van der Waals surface area contributed by atoms with Gasteiger partial charge in [0.05, 0.1) is 11.2 Å². The van der Waals surface area contributed by atoms with Gasteiger partial charge in [0.25, 0.3) is 5.91 Å². The molecular formula is C19H19N3O4S2. The molecule has 0 spiro atoms. The SMILES string of the molecule is Cc1ccc(S(=O)(=O)N2CCN(C(=O)c3csc(-c4ccco4)n3)CC2)cc1. The smallest absolute Gasteiger partial charge is 0.273 e. The van der Waals surface area contributed by atoms with Crippen molar-refractivity contribution in [3.05, 3.63) is 59.3 Å². The van der Waals surface area contributed by atoms with Gasteiger partial charge in [-0.3, -0.25) is 4.79 Å². The molecule has 28 heavy (non-hydrogen) atoms. The van der Waals surface area contributed by atoms with E-state index in [-0.39, 0.29) is 23.9 Å². The van der Waals surface area contributed by atoms with Crippen molar-refractivity contribution < 1.29 is 17.6 Å². The Morgan fingerprint density at radius 2 is 1.82 bits per heavy atom. The van der Waals surface area contributed by atoms with Gasteiger partial charge in [-0.15, -0.1) is 11.3 Å². The molecule has 1 aliphatic heterocycles. The quantitative estimate of drug-likeness (QED) is 0.652. The number of hydrogen-bond acceptors (Lipinski definition) is 6. The second-order valence-corrected chi connectivity index (χ2v) is 9.32. The highest BCUT2D eigenvalue weighted by Crippen LogP contribution is 2.25. The summed E-state index contributed by atoms with van der Waals surface area (Å²) >= 11 is 1.34. The Bertz CT molecular complexity index is 1060. The lowest BCUT2D eigenvalue weighted by Crippen LogP contribution is -2.50. The fourth-order valence-corrected chi connectivity index (χ4v) is 5.22. The zero-order chi connectivity index (χ0) is 19.7. The molecule has 1 amide bonds. The fourth-order valence-electron chi connectivity index (χ4n) is 3.04. The molecule has 0 aliphatic carbocycles. The lowest BCUT2D eigenvalue weighted by atomic mass is 10.2. The maximum Gasteiger partial charge on any atom is 0.273 e. The van der Waals surface area contributed by atoms with Crippen molar-refractivity contribution in [1.29, 1.82) is 0 Å². The Labute approximate surface area is 167 Å². The van der Waals surface area contributed by atoms with Gasteiger partial charge in [-0.25, -0.2) is 13.4 Å². The molecule has 0 N–H and O–H groups in total. The van der Waals surface area contributed by atoms with Crippen molar-refractivity contribution in [3.8, 4) is 10.8 Å². The van der Waals surface area contributed by atoms with Crippen molar-refractivity contribution in [3.63, 3.8) is 0 Å². The van der Waals surface area contributed by atoms with Gasteiger partial charge in [-0.2, -0.15) is 4.31 Å². The van der Waals surface area contributed by atoms with Crippen molar-refractivity contribution in [1.82, 2.24) is 14.2 Å². The van der Waals surface area contributed by atoms with Gasteiger partial charge >= 0.3 is 0 Å². The summed E-state index contributed by atoms with van der Waals surface area (Å²) in [6, 6.07) is 10.4. The lowest BCUT2D eigenvalue weighted by molar-refractivity contribution is 0.0693. The summed E-state index contributed by atoms with van der Waals surface area (Å²) in [6.45, 7) is 3.10. The summed E-state index contributed by atoms with van der Waals surface area (Å²) in [5, 5.41) is 2.35. The van der Waals surface area contributed by atoms with E-state index in [0.717, 1.165) is 5.56 Å². The van der Waals surface area contributed by atoms with Crippen LogP contribution in [0.3, 0.4) is 0 Å². The van der Waals surface area contributed by atoms with E-state index < -0.39 is 10.0 Å². The molecule has 1 fully saturated rings. The summed E-state index contributed by atoms with van der Waals surface area (Å²) in [4.78, 5) is 19.0. The molecular weight excluding hydrogens is 398 g/mol. The summed E-state index contributed by atoms with van der Waals surface area (Å²) in [5.41, 5.74) is 1.36. The van der Waals surface area contributed by atoms with E-state index in [1.165, 1.54) is 15.6 Å². The lowest BCUT2D eigenvalue weighted by Gasteiger charge is -2.33. The van der Waals surface area contributed by atoms with Gasteiger partial charge in [0.2, 0.25) is 10.0 Å². The van der Waals surface area contributed by atoms with E-state index in [4.69, 9.17) is 4.42 Å². The number of amides is 1. The van der Waals surface area contributed by atoms with Crippen LogP contribution in [-0.2, 0) is 10.0 Å². The molecule has 1 aromatic carbocycles. The average Bonchev–Trinajstić information content (AvgIpc) is 3.39. The first-order valence-electron chi connectivity index (χ1n) is 8.80. The minimum Gasteiger partial charge on any atom is -0.462 e. The molecule has 0 unspecified atom stereocenters. The molecule has 9 heteroatoms. The third-order valence-electron chi connectivity index (χ3n) is 4.64. The van der Waals surface area contributed by atoms with E-state index in [0.29, 0.717) is 29.6 Å². The number of carbonyl (C=O) groups is 1. The number of sulfonamides is 1. The molecule has 0 atom stereocenters. The number of benzene rings is 1. The number of aryl methyl sites for hydroxylation is 1. The van der Waals surface area contributed by atoms with Gasteiger partial charge in [0, 0.05) is 31.6 Å². The molecule has 7 nitrogen and oxygen atoms in total. The van der Waals surface area contributed by atoms with E-state index in [1.54, 1.807) is 52.9 Å². The molecule has 1 saturated heterocycles. The predicted molar refractivity (Wildman–Crippen MR) is 106 cm³/mol. The van der Waals surface area contributed by atoms with E-state index in [1.807, 2.05) is 6.92 Å². The zero-order valence-corrected chi connectivity index (χ0v) is 16.9. The molecule has 3 heterocycles. The van der Waals surface area contributed by atoms with Crippen molar-refractivity contribution in [2.24, 2.45) is 0 Å². The van der Waals surface area contributed by atoms with Crippen LogP contribution >= 0.6 is 11.3 Å². The average molecular weight is 418 g/mol. The summed E-state index contributed by atoms with van der Waals surface area (Å²) in [6.07, 6.45) is 1.56. The maximum absolute atomic E-state index is 12.8. The van der Waals surface area contributed by atoms with Gasteiger partial charge in [0.1, 0.15) is 5.69 Å². The minimum absolute atomic E-state index is 0.193. The number of hydrogen-bond donors (Lipinski definition) is 0. The van der Waals surface area contributed by atoms with E-state index in [2.05, 4.69) is 4.98 Å². The van der Waals surface area contributed by atoms with Crippen molar-refractivity contribution >= 4 is 27.3 Å². The largest absolute Gasteiger partial charge is 0.462 e. The third kappa shape index (κ3) is 3.60. The molecule has 0 radical (unpaired) electrons. The van der Waals surface area contributed by atoms with Crippen LogP contribution in [0.1, 0.15) is 16.1 Å². The van der Waals surface area contributed by atoms with Crippen LogP contribution in [0.5, 0.6) is 0 Å². The Morgan fingerprint density at radius 3 is 2.46 bits per heavy atom. The Kier molecular flexibility index (Phi) is 5.05. The first kappa shape index (κ1) is 18.9. The Morgan fingerprint density at radius 1 is 1.11 bits per heavy atom. The number of carbonyl (C=O) groups excluding carboxylic acids is 1. The van der Waals surface area contributed by atoms with Gasteiger partial charge in [-0.1, -0.05) is 17.7 Å². The van der Waals surface area contributed by atoms with Gasteiger partial charge < -0.3 is 9.32 Å². The number of thiazole rings is 1. The van der Waals surface area contributed by atoms with Crippen LogP contribution in [0.15, 0.2) is 57.4 Å². The minimum atomic E-state index is -3.55. The van der Waals surface area contributed by atoms with Gasteiger partial charge in [0.15, 0.2) is 10.8 Å². The highest BCUT2D eigenvalue weighted by atomic mass is 32.2. The van der Waals surface area contributed by atoms with Crippen LogP contribution in [0.25, 0.3) is 10.8 Å². The first-order chi connectivity index (χ1) is 13.4. The molecule has 3 aromatic rings. The summed E-state index contributed by atoms with van der Waals surface area (Å²) in [5.74, 6) is 0.430. The second kappa shape index (κ2) is 7.50. The van der Waals surface area contributed by atoms with E-state index >= 15 is 0 Å². The molecule has 146 valence electrons. The topological polar surface area (TPSA) is 83.7 Å². The van der Waals surface area contributed by atoms with Crippen LogP contribution in [0, 0.1) is 6.92 Å². The van der Waals surface area contributed by atoms with Crippen molar-refractivity contribution in [2.45, 2.75) is 11.8 Å². The number of nitrogens with zero attached hydrogens (tertiary/aromatic N) is 3. The van der Waals surface area contributed by atoms with Gasteiger partial charge in [-0.05, 0) is 31.2 Å². The van der Waals surface area contributed by atoms with Crippen LogP contribution in [0.4, 0.5) is 0 Å². The Hall–Kier alpha value is -2.49. The second-order valence-electron chi connectivity index (χ2n) is 6.52. The predicted octanol–water partition coefficient (Wildman–Crippen LogP) is 2.86. The molecule has 4 rings (SSSR count).